The Labute approximate surface area is 123 Å². The van der Waals surface area contributed by atoms with Gasteiger partial charge in [-0.15, -0.1) is 0 Å². The topological polar surface area (TPSA) is 55.6 Å². The van der Waals surface area contributed by atoms with Crippen LogP contribution in [0.2, 0.25) is 0 Å². The van der Waals surface area contributed by atoms with E-state index in [9.17, 15) is 4.79 Å². The third kappa shape index (κ3) is 3.73. The molecule has 1 unspecified atom stereocenters. The largest absolute Gasteiger partial charge is 0.369 e. The first kappa shape index (κ1) is 15.8. The van der Waals surface area contributed by atoms with Gasteiger partial charge in [0, 0.05) is 19.5 Å². The SMILES string of the molecule is CC1CN(C(=O)CC2(CN)CCCCC2)CC(C)(C)O1. The molecule has 20 heavy (non-hydrogen) atoms. The van der Waals surface area contributed by atoms with Gasteiger partial charge in [-0.05, 0) is 45.6 Å². The van der Waals surface area contributed by atoms with Crippen LogP contribution in [0.25, 0.3) is 0 Å². The summed E-state index contributed by atoms with van der Waals surface area (Å²) in [6.07, 6.45) is 6.68. The van der Waals surface area contributed by atoms with Crippen LogP contribution in [0.4, 0.5) is 0 Å². The van der Waals surface area contributed by atoms with Crippen molar-refractivity contribution in [1.29, 1.82) is 0 Å². The summed E-state index contributed by atoms with van der Waals surface area (Å²) in [5.74, 6) is 0.264. The lowest BCUT2D eigenvalue weighted by atomic mass is 9.71. The van der Waals surface area contributed by atoms with Crippen LogP contribution in [0.15, 0.2) is 0 Å². The molecular formula is C16H30N2O2. The summed E-state index contributed by atoms with van der Waals surface area (Å²) in [7, 11) is 0. The minimum absolute atomic E-state index is 0.0566. The fourth-order valence-corrected chi connectivity index (χ4v) is 3.83. The second kappa shape index (κ2) is 6.02. The Balaban J connectivity index is 1.99. The number of rotatable bonds is 3. The molecule has 0 aromatic rings. The lowest BCUT2D eigenvalue weighted by molar-refractivity contribution is -0.160. The zero-order valence-electron chi connectivity index (χ0n) is 13.3. The fourth-order valence-electron chi connectivity index (χ4n) is 3.83. The standard InChI is InChI=1S/C16H30N2O2/c1-13-10-18(12-15(2,3)20-13)14(19)9-16(11-17)7-5-4-6-8-16/h13H,4-12,17H2,1-3H3. The van der Waals surface area contributed by atoms with Crippen molar-refractivity contribution in [1.82, 2.24) is 4.90 Å². The second-order valence-corrected chi connectivity index (χ2v) is 7.40. The van der Waals surface area contributed by atoms with E-state index in [0.717, 1.165) is 12.8 Å². The molecule has 0 aromatic carbocycles. The molecule has 2 fully saturated rings. The third-order valence-electron chi connectivity index (χ3n) is 4.80. The number of ether oxygens (including phenoxy) is 1. The molecule has 1 aliphatic carbocycles. The highest BCUT2D eigenvalue weighted by Crippen LogP contribution is 2.39. The van der Waals surface area contributed by atoms with Crippen molar-refractivity contribution < 1.29 is 9.53 Å². The Morgan fingerprint density at radius 3 is 2.50 bits per heavy atom. The van der Waals surface area contributed by atoms with Crippen molar-refractivity contribution in [2.75, 3.05) is 19.6 Å². The average molecular weight is 282 g/mol. The van der Waals surface area contributed by atoms with Gasteiger partial charge in [0.05, 0.1) is 11.7 Å². The van der Waals surface area contributed by atoms with Crippen LogP contribution < -0.4 is 5.73 Å². The Kier molecular flexibility index (Phi) is 4.75. The summed E-state index contributed by atoms with van der Waals surface area (Å²) in [5, 5.41) is 0. The number of morpholine rings is 1. The van der Waals surface area contributed by atoms with Gasteiger partial charge in [-0.25, -0.2) is 0 Å². The molecule has 4 nitrogen and oxygen atoms in total. The maximum atomic E-state index is 12.7. The zero-order valence-corrected chi connectivity index (χ0v) is 13.3. The van der Waals surface area contributed by atoms with E-state index < -0.39 is 0 Å². The summed E-state index contributed by atoms with van der Waals surface area (Å²) in [6.45, 7) is 8.20. The molecule has 0 radical (unpaired) electrons. The van der Waals surface area contributed by atoms with Gasteiger partial charge in [-0.1, -0.05) is 19.3 Å². The van der Waals surface area contributed by atoms with E-state index in [4.69, 9.17) is 10.5 Å². The molecular weight excluding hydrogens is 252 g/mol. The lowest BCUT2D eigenvalue weighted by Crippen LogP contribution is -2.54. The van der Waals surface area contributed by atoms with Gasteiger partial charge in [0.1, 0.15) is 0 Å². The number of hydrogen-bond acceptors (Lipinski definition) is 3. The van der Waals surface area contributed by atoms with Crippen LogP contribution in [-0.4, -0.2) is 42.1 Å². The third-order valence-corrected chi connectivity index (χ3v) is 4.80. The molecule has 0 bridgehead atoms. The van der Waals surface area contributed by atoms with E-state index >= 15 is 0 Å². The first-order valence-electron chi connectivity index (χ1n) is 8.02. The Hall–Kier alpha value is -0.610. The van der Waals surface area contributed by atoms with Crippen LogP contribution in [0.1, 0.15) is 59.3 Å². The van der Waals surface area contributed by atoms with Gasteiger partial charge < -0.3 is 15.4 Å². The quantitative estimate of drug-likeness (QED) is 0.864. The van der Waals surface area contributed by atoms with Crippen molar-refractivity contribution in [2.45, 2.75) is 71.0 Å². The van der Waals surface area contributed by atoms with Gasteiger partial charge in [0.15, 0.2) is 0 Å². The molecule has 1 atom stereocenters. The normalized spacial score (nSPS) is 29.2. The second-order valence-electron chi connectivity index (χ2n) is 7.40. The number of carbonyl (C=O) groups is 1. The van der Waals surface area contributed by atoms with Gasteiger partial charge >= 0.3 is 0 Å². The van der Waals surface area contributed by atoms with E-state index in [1.54, 1.807) is 0 Å². The highest BCUT2D eigenvalue weighted by Gasteiger charge is 2.38. The molecule has 2 rings (SSSR count). The monoisotopic (exact) mass is 282 g/mol. The summed E-state index contributed by atoms with van der Waals surface area (Å²) in [5.41, 5.74) is 5.82. The van der Waals surface area contributed by atoms with Gasteiger partial charge in [-0.3, -0.25) is 4.79 Å². The van der Waals surface area contributed by atoms with Crippen LogP contribution in [0, 0.1) is 5.41 Å². The van der Waals surface area contributed by atoms with Gasteiger partial charge in [0.25, 0.3) is 0 Å². The van der Waals surface area contributed by atoms with Gasteiger partial charge in [0.2, 0.25) is 5.91 Å². The Bertz CT molecular complexity index is 348. The molecule has 2 N–H and O–H groups in total. The molecule has 1 saturated carbocycles. The minimum Gasteiger partial charge on any atom is -0.369 e. The molecule has 1 amide bonds. The lowest BCUT2D eigenvalue weighted by Gasteiger charge is -2.44. The number of carbonyl (C=O) groups excluding carboxylic acids is 1. The van der Waals surface area contributed by atoms with E-state index in [2.05, 4.69) is 13.8 Å². The predicted molar refractivity (Wildman–Crippen MR) is 80.4 cm³/mol. The highest BCUT2D eigenvalue weighted by molar-refractivity contribution is 5.77. The van der Waals surface area contributed by atoms with Crippen molar-refractivity contribution in [2.24, 2.45) is 11.1 Å². The fraction of sp³-hybridized carbons (Fsp3) is 0.938. The maximum absolute atomic E-state index is 12.7. The zero-order chi connectivity index (χ0) is 14.8. The van der Waals surface area contributed by atoms with Crippen molar-refractivity contribution in [3.05, 3.63) is 0 Å². The van der Waals surface area contributed by atoms with Gasteiger partial charge in [-0.2, -0.15) is 0 Å². The van der Waals surface area contributed by atoms with Crippen molar-refractivity contribution >= 4 is 5.91 Å². The van der Waals surface area contributed by atoms with Crippen molar-refractivity contribution in [3.8, 4) is 0 Å². The van der Waals surface area contributed by atoms with E-state index in [-0.39, 0.29) is 23.0 Å². The smallest absolute Gasteiger partial charge is 0.223 e. The Morgan fingerprint density at radius 2 is 1.95 bits per heavy atom. The summed E-state index contributed by atoms with van der Waals surface area (Å²) in [6, 6.07) is 0. The predicted octanol–water partition coefficient (Wildman–Crippen LogP) is 2.31. The number of nitrogens with zero attached hydrogens (tertiary/aromatic N) is 1. The first-order valence-corrected chi connectivity index (χ1v) is 8.02. The first-order chi connectivity index (χ1) is 9.36. The number of nitrogens with two attached hydrogens (primary N) is 1. The summed E-state index contributed by atoms with van der Waals surface area (Å²) < 4.78 is 5.88. The molecule has 1 heterocycles. The molecule has 116 valence electrons. The van der Waals surface area contributed by atoms with Crippen LogP contribution >= 0.6 is 0 Å². The molecule has 2 aliphatic rings. The maximum Gasteiger partial charge on any atom is 0.223 e. The average Bonchev–Trinajstić information content (AvgIpc) is 2.37. The minimum atomic E-state index is -0.240. The van der Waals surface area contributed by atoms with Crippen molar-refractivity contribution in [3.63, 3.8) is 0 Å². The summed E-state index contributed by atoms with van der Waals surface area (Å²) >= 11 is 0. The molecule has 1 saturated heterocycles. The van der Waals surface area contributed by atoms with E-state index in [0.29, 0.717) is 26.1 Å². The number of hydrogen-bond donors (Lipinski definition) is 1. The van der Waals surface area contributed by atoms with E-state index in [1.165, 1.54) is 19.3 Å². The highest BCUT2D eigenvalue weighted by atomic mass is 16.5. The molecule has 0 spiro atoms. The van der Waals surface area contributed by atoms with Crippen LogP contribution in [0.3, 0.4) is 0 Å². The molecule has 0 aromatic heterocycles. The molecule has 1 aliphatic heterocycles. The summed E-state index contributed by atoms with van der Waals surface area (Å²) in [4.78, 5) is 14.7. The van der Waals surface area contributed by atoms with Crippen LogP contribution in [0.5, 0.6) is 0 Å². The van der Waals surface area contributed by atoms with E-state index in [1.807, 2.05) is 11.8 Å². The Morgan fingerprint density at radius 1 is 1.30 bits per heavy atom. The molecule has 4 heteroatoms. The van der Waals surface area contributed by atoms with Crippen LogP contribution in [-0.2, 0) is 9.53 Å². The number of amides is 1.